The Morgan fingerprint density at radius 3 is 1.54 bits per heavy atom. The van der Waals surface area contributed by atoms with Gasteiger partial charge in [0.15, 0.2) is 0 Å². The van der Waals surface area contributed by atoms with Crippen LogP contribution in [-0.4, -0.2) is 4.57 Å². The van der Waals surface area contributed by atoms with Crippen LogP contribution >= 0.6 is 0 Å². The molecule has 0 aliphatic heterocycles. The summed E-state index contributed by atoms with van der Waals surface area (Å²) in [4.78, 5) is 0. The van der Waals surface area contributed by atoms with Gasteiger partial charge in [-0.05, 0) is 133 Å². The molecule has 0 atom stereocenters. The van der Waals surface area contributed by atoms with Crippen LogP contribution in [0.5, 0.6) is 0 Å². The quantitative estimate of drug-likeness (QED) is 0.153. The molecular formula is C67H46N2. The first-order chi connectivity index (χ1) is 34.2. The van der Waals surface area contributed by atoms with Gasteiger partial charge in [-0.3, -0.25) is 0 Å². The molecule has 1 heterocycles. The fourth-order valence-electron chi connectivity index (χ4n) is 11.1. The van der Waals surface area contributed by atoms with E-state index in [1.807, 2.05) is 0 Å². The molecule has 0 unspecified atom stereocenters. The van der Waals surface area contributed by atoms with Gasteiger partial charge in [-0.15, -0.1) is 0 Å². The number of fused-ring (bicyclic) bond motifs is 6. The molecule has 1 N–H and O–H groups in total. The third-order valence-corrected chi connectivity index (χ3v) is 14.3. The van der Waals surface area contributed by atoms with Crippen molar-refractivity contribution in [3.63, 3.8) is 0 Å². The SMILES string of the molecule is c1ccc(-c2ccc(-n3c4ccccc4c4cc(-c5ccc(Nc6cccc(-c7ccccc7)c6)c(-c6ccc7c(c6)-c6ccccc6C7(c6ccccc6)c6ccccc6)c5)ccc43)cc2)cc1. The summed E-state index contributed by atoms with van der Waals surface area (Å²) in [7, 11) is 0. The molecule has 13 rings (SSSR count). The minimum atomic E-state index is -0.466. The van der Waals surface area contributed by atoms with Crippen molar-refractivity contribution in [1.29, 1.82) is 0 Å². The number of anilines is 2. The number of hydrogen-bond acceptors (Lipinski definition) is 1. The molecule has 2 heteroatoms. The van der Waals surface area contributed by atoms with Gasteiger partial charge in [-0.1, -0.05) is 212 Å². The number of rotatable bonds is 9. The van der Waals surface area contributed by atoms with Crippen LogP contribution in [0.25, 0.3) is 83.1 Å². The van der Waals surface area contributed by atoms with E-state index in [1.54, 1.807) is 0 Å². The van der Waals surface area contributed by atoms with Crippen LogP contribution in [0.1, 0.15) is 22.3 Å². The first kappa shape index (κ1) is 40.3. The summed E-state index contributed by atoms with van der Waals surface area (Å²) < 4.78 is 2.40. The Labute approximate surface area is 403 Å². The van der Waals surface area contributed by atoms with Crippen molar-refractivity contribution in [2.45, 2.75) is 5.41 Å². The van der Waals surface area contributed by atoms with E-state index in [-0.39, 0.29) is 0 Å². The van der Waals surface area contributed by atoms with E-state index in [1.165, 1.54) is 83.0 Å². The van der Waals surface area contributed by atoms with Gasteiger partial charge in [-0.2, -0.15) is 0 Å². The van der Waals surface area contributed by atoms with Crippen molar-refractivity contribution in [3.8, 4) is 61.3 Å². The van der Waals surface area contributed by atoms with Gasteiger partial charge >= 0.3 is 0 Å². The van der Waals surface area contributed by atoms with Gasteiger partial charge in [0.05, 0.1) is 16.4 Å². The fraction of sp³-hybridized carbons (Fsp3) is 0.0149. The molecule has 0 saturated carbocycles. The Morgan fingerprint density at radius 2 is 0.797 bits per heavy atom. The molecule has 0 amide bonds. The zero-order valence-corrected chi connectivity index (χ0v) is 37.9. The molecule has 1 aliphatic rings. The van der Waals surface area contributed by atoms with E-state index in [0.717, 1.165) is 33.8 Å². The number of nitrogens with one attached hydrogen (secondary N) is 1. The lowest BCUT2D eigenvalue weighted by atomic mass is 9.67. The third kappa shape index (κ3) is 6.80. The molecule has 0 saturated heterocycles. The number of para-hydroxylation sites is 1. The number of hydrogen-bond donors (Lipinski definition) is 1. The summed E-state index contributed by atoms with van der Waals surface area (Å²) in [5.41, 5.74) is 22.2. The summed E-state index contributed by atoms with van der Waals surface area (Å²) in [6.07, 6.45) is 0. The minimum Gasteiger partial charge on any atom is -0.355 e. The van der Waals surface area contributed by atoms with Gasteiger partial charge in [0.1, 0.15) is 0 Å². The molecule has 1 aromatic heterocycles. The van der Waals surface area contributed by atoms with Crippen LogP contribution < -0.4 is 5.32 Å². The Morgan fingerprint density at radius 1 is 0.290 bits per heavy atom. The maximum Gasteiger partial charge on any atom is 0.0713 e. The van der Waals surface area contributed by atoms with Crippen LogP contribution in [0, 0.1) is 0 Å². The van der Waals surface area contributed by atoms with Crippen molar-refractivity contribution >= 4 is 33.2 Å². The Kier molecular flexibility index (Phi) is 9.77. The lowest BCUT2D eigenvalue weighted by Crippen LogP contribution is -2.28. The maximum atomic E-state index is 3.90. The first-order valence-electron chi connectivity index (χ1n) is 23.8. The van der Waals surface area contributed by atoms with Gasteiger partial charge in [0.2, 0.25) is 0 Å². The van der Waals surface area contributed by atoms with Crippen molar-refractivity contribution in [3.05, 3.63) is 295 Å². The van der Waals surface area contributed by atoms with Gasteiger partial charge < -0.3 is 9.88 Å². The van der Waals surface area contributed by atoms with Crippen molar-refractivity contribution < 1.29 is 0 Å². The Balaban J connectivity index is 0.970. The number of nitrogens with zero attached hydrogens (tertiary/aromatic N) is 1. The van der Waals surface area contributed by atoms with E-state index in [9.17, 15) is 0 Å². The molecule has 69 heavy (non-hydrogen) atoms. The van der Waals surface area contributed by atoms with E-state index in [0.29, 0.717) is 0 Å². The largest absolute Gasteiger partial charge is 0.355 e. The number of benzene rings is 11. The van der Waals surface area contributed by atoms with E-state index < -0.39 is 5.41 Å². The molecule has 0 radical (unpaired) electrons. The van der Waals surface area contributed by atoms with Crippen LogP contribution in [0.4, 0.5) is 11.4 Å². The predicted octanol–water partition coefficient (Wildman–Crippen LogP) is 17.6. The van der Waals surface area contributed by atoms with Gasteiger partial charge in [0, 0.05) is 33.4 Å². The third-order valence-electron chi connectivity index (χ3n) is 14.3. The standard InChI is InChI=1S/C67H46N2/c1-5-18-46(19-6-1)48-32-37-56(38-33-48)69-65-31-16-14-29-58(65)61-44-51(36-41-66(61)69)50-35-40-64(68-55-27-17-22-49(42-55)47-20-7-2-8-21-47)59(43-50)52-34-39-63-60(45-52)57-28-13-15-30-62(57)67(63,53-23-9-3-10-24-53)54-25-11-4-12-26-54/h1-45,68H. The highest BCUT2D eigenvalue weighted by atomic mass is 15.0. The topological polar surface area (TPSA) is 17.0 Å². The molecule has 324 valence electrons. The van der Waals surface area contributed by atoms with Crippen LogP contribution in [0.3, 0.4) is 0 Å². The maximum absolute atomic E-state index is 3.90. The summed E-state index contributed by atoms with van der Waals surface area (Å²) >= 11 is 0. The van der Waals surface area contributed by atoms with Crippen LogP contribution in [-0.2, 0) is 5.41 Å². The average Bonchev–Trinajstić information content (AvgIpc) is 3.92. The van der Waals surface area contributed by atoms with E-state index in [2.05, 4.69) is 283 Å². The van der Waals surface area contributed by atoms with Crippen LogP contribution in [0.2, 0.25) is 0 Å². The van der Waals surface area contributed by atoms with Crippen molar-refractivity contribution in [2.24, 2.45) is 0 Å². The van der Waals surface area contributed by atoms with E-state index in [4.69, 9.17) is 0 Å². The molecule has 2 nitrogen and oxygen atoms in total. The highest BCUT2D eigenvalue weighted by molar-refractivity contribution is 6.10. The fourth-order valence-corrected chi connectivity index (χ4v) is 11.1. The predicted molar refractivity (Wildman–Crippen MR) is 290 cm³/mol. The molecular weight excluding hydrogens is 833 g/mol. The summed E-state index contributed by atoms with van der Waals surface area (Å²) in [6.45, 7) is 0. The first-order valence-corrected chi connectivity index (χ1v) is 23.8. The normalized spacial score (nSPS) is 12.5. The van der Waals surface area contributed by atoms with Crippen LogP contribution in [0.15, 0.2) is 273 Å². The zero-order chi connectivity index (χ0) is 45.7. The molecule has 11 aromatic carbocycles. The molecule has 0 fully saturated rings. The average molecular weight is 879 g/mol. The highest BCUT2D eigenvalue weighted by Gasteiger charge is 2.46. The molecule has 1 aliphatic carbocycles. The van der Waals surface area contributed by atoms with Gasteiger partial charge in [0.25, 0.3) is 0 Å². The monoisotopic (exact) mass is 878 g/mol. The highest BCUT2D eigenvalue weighted by Crippen LogP contribution is 2.57. The van der Waals surface area contributed by atoms with Gasteiger partial charge in [-0.25, -0.2) is 0 Å². The Hall–Kier alpha value is -8.98. The second-order valence-corrected chi connectivity index (χ2v) is 18.1. The minimum absolute atomic E-state index is 0.466. The molecule has 12 aromatic rings. The molecule has 0 bridgehead atoms. The summed E-state index contributed by atoms with van der Waals surface area (Å²) in [5.74, 6) is 0. The summed E-state index contributed by atoms with van der Waals surface area (Å²) in [5, 5.41) is 6.36. The Bertz CT molecular complexity index is 3790. The number of aromatic nitrogens is 1. The smallest absolute Gasteiger partial charge is 0.0713 e. The van der Waals surface area contributed by atoms with E-state index >= 15 is 0 Å². The van der Waals surface area contributed by atoms with Crippen molar-refractivity contribution in [2.75, 3.05) is 5.32 Å². The summed E-state index contributed by atoms with van der Waals surface area (Å²) in [6, 6.07) is 99.8. The second kappa shape index (κ2) is 16.7. The lowest BCUT2D eigenvalue weighted by Gasteiger charge is -2.33. The molecule has 0 spiro atoms. The zero-order valence-electron chi connectivity index (χ0n) is 37.9. The second-order valence-electron chi connectivity index (χ2n) is 18.1. The lowest BCUT2D eigenvalue weighted by molar-refractivity contribution is 0.768. The van der Waals surface area contributed by atoms with Crippen molar-refractivity contribution in [1.82, 2.24) is 4.57 Å².